The lowest BCUT2D eigenvalue weighted by Gasteiger charge is -2.11. The zero-order chi connectivity index (χ0) is 12.1. The molecule has 0 aliphatic carbocycles. The van der Waals surface area contributed by atoms with Crippen molar-refractivity contribution in [3.63, 3.8) is 0 Å². The van der Waals surface area contributed by atoms with E-state index < -0.39 is 17.0 Å². The van der Waals surface area contributed by atoms with Crippen molar-refractivity contribution < 1.29 is 5.03 Å². The minimum absolute atomic E-state index is 0.231. The summed E-state index contributed by atoms with van der Waals surface area (Å²) in [6.45, 7) is 0. The van der Waals surface area contributed by atoms with Crippen LogP contribution in [0.25, 0.3) is 0 Å². The van der Waals surface area contributed by atoms with E-state index in [4.69, 9.17) is 16.9 Å². The van der Waals surface area contributed by atoms with Crippen molar-refractivity contribution in [2.75, 3.05) is 5.01 Å². The highest BCUT2D eigenvalue weighted by Crippen LogP contribution is 2.12. The third-order valence-corrected chi connectivity index (χ3v) is 1.62. The van der Waals surface area contributed by atoms with Crippen LogP contribution in [0, 0.1) is 15.5 Å². The number of aliphatic imine (C=N–C) groups is 1. The first-order chi connectivity index (χ1) is 7.52. The van der Waals surface area contributed by atoms with Gasteiger partial charge in [-0.15, -0.1) is 0 Å². The van der Waals surface area contributed by atoms with Crippen molar-refractivity contribution in [3.05, 3.63) is 40.4 Å². The van der Waals surface area contributed by atoms with E-state index in [9.17, 15) is 10.1 Å². The van der Waals surface area contributed by atoms with Crippen LogP contribution in [-0.2, 0) is 0 Å². The van der Waals surface area contributed by atoms with Gasteiger partial charge in [-0.2, -0.15) is 4.99 Å². The Bertz CT molecular complexity index is 429. The summed E-state index contributed by atoms with van der Waals surface area (Å²) in [7, 11) is 0. The average Bonchev–Trinajstić information content (AvgIpc) is 2.17. The summed E-state index contributed by atoms with van der Waals surface area (Å²) < 4.78 is 0. The van der Waals surface area contributed by atoms with Crippen LogP contribution in [0.4, 0.5) is 5.69 Å². The highest BCUT2D eigenvalue weighted by molar-refractivity contribution is 5.99. The van der Waals surface area contributed by atoms with Gasteiger partial charge in [-0.1, -0.05) is 18.2 Å². The van der Waals surface area contributed by atoms with E-state index in [1.165, 1.54) is 12.1 Å². The van der Waals surface area contributed by atoms with Crippen LogP contribution < -0.4 is 16.5 Å². The topological polar surface area (TPSA) is 135 Å². The highest BCUT2D eigenvalue weighted by Gasteiger charge is 2.21. The number of hydrogen-bond donors (Lipinski definition) is 3. The molecule has 0 spiro atoms. The Hall–Kier alpha value is -2.64. The minimum atomic E-state index is -0.739. The quantitative estimate of drug-likeness (QED) is 0.278. The summed E-state index contributed by atoms with van der Waals surface area (Å²) in [5.41, 5.74) is 10.6. The molecule has 16 heavy (non-hydrogen) atoms. The Kier molecular flexibility index (Phi) is 3.38. The van der Waals surface area contributed by atoms with E-state index in [1.807, 2.05) is 0 Å². The normalized spacial score (nSPS) is 10.9. The monoisotopic (exact) mass is 222 g/mol. The molecule has 0 fully saturated rings. The number of rotatable bonds is 2. The molecule has 0 saturated heterocycles. The van der Waals surface area contributed by atoms with Crippen molar-refractivity contribution in [1.82, 2.24) is 0 Å². The maximum Gasteiger partial charge on any atom is 0.268 e. The third-order valence-electron chi connectivity index (χ3n) is 1.62. The second-order valence-corrected chi connectivity index (χ2v) is 2.74. The predicted molar refractivity (Wildman–Crippen MR) is 59.5 cm³/mol. The molecule has 0 aliphatic rings. The predicted octanol–water partition coefficient (Wildman–Crippen LogP) is -0.107. The van der Waals surface area contributed by atoms with Crippen LogP contribution in [0.5, 0.6) is 0 Å². The molecule has 1 aromatic rings. The number of nitrogens with two attached hydrogens (primary N) is 2. The SMILES string of the molecule is N=C(N)N=C(N)N(c1ccccc1)[N+](=O)[O-]. The minimum Gasteiger partial charge on any atom is -0.368 e. The molecule has 0 unspecified atom stereocenters. The first-order valence-electron chi connectivity index (χ1n) is 4.20. The third kappa shape index (κ3) is 2.67. The molecule has 0 aliphatic heterocycles. The van der Waals surface area contributed by atoms with Crippen LogP contribution in [0.15, 0.2) is 35.3 Å². The van der Waals surface area contributed by atoms with E-state index in [2.05, 4.69) is 4.99 Å². The lowest BCUT2D eigenvalue weighted by atomic mass is 10.3. The fraction of sp³-hybridized carbons (Fsp3) is 0. The first kappa shape index (κ1) is 11.4. The molecule has 0 atom stereocenters. The van der Waals surface area contributed by atoms with Gasteiger partial charge >= 0.3 is 0 Å². The molecular weight excluding hydrogens is 212 g/mol. The van der Waals surface area contributed by atoms with Gasteiger partial charge < -0.3 is 11.5 Å². The number of hydrazine groups is 1. The molecule has 84 valence electrons. The highest BCUT2D eigenvalue weighted by atomic mass is 16.7. The molecule has 1 rings (SSSR count). The summed E-state index contributed by atoms with van der Waals surface area (Å²) in [6.07, 6.45) is 0. The molecule has 5 N–H and O–H groups in total. The molecule has 0 saturated carbocycles. The molecule has 0 radical (unpaired) electrons. The van der Waals surface area contributed by atoms with Gasteiger partial charge in [-0.25, -0.2) is 10.1 Å². The maximum atomic E-state index is 10.8. The molecular formula is C8H10N6O2. The molecule has 8 nitrogen and oxygen atoms in total. The Morgan fingerprint density at radius 2 is 1.94 bits per heavy atom. The van der Waals surface area contributed by atoms with E-state index in [0.29, 0.717) is 5.01 Å². The van der Waals surface area contributed by atoms with Crippen LogP contribution in [0.2, 0.25) is 0 Å². The number of anilines is 1. The zero-order valence-corrected chi connectivity index (χ0v) is 8.20. The molecule has 1 aromatic carbocycles. The van der Waals surface area contributed by atoms with Gasteiger partial charge in [0.05, 0.1) is 0 Å². The number of para-hydroxylation sites is 1. The fourth-order valence-corrected chi connectivity index (χ4v) is 1.05. The number of nitro groups is 1. The van der Waals surface area contributed by atoms with Gasteiger partial charge in [-0.3, -0.25) is 5.41 Å². The van der Waals surface area contributed by atoms with E-state index in [1.54, 1.807) is 18.2 Å². The number of nitrogens with one attached hydrogen (secondary N) is 1. The number of hydrogen-bond acceptors (Lipinski definition) is 3. The fourth-order valence-electron chi connectivity index (χ4n) is 1.05. The largest absolute Gasteiger partial charge is 0.368 e. The Morgan fingerprint density at radius 1 is 1.38 bits per heavy atom. The van der Waals surface area contributed by atoms with Crippen molar-refractivity contribution in [2.24, 2.45) is 16.5 Å². The Morgan fingerprint density at radius 3 is 2.38 bits per heavy atom. The second-order valence-electron chi connectivity index (χ2n) is 2.74. The van der Waals surface area contributed by atoms with Crippen LogP contribution in [0.3, 0.4) is 0 Å². The number of guanidine groups is 2. The van der Waals surface area contributed by atoms with Crippen molar-refractivity contribution in [2.45, 2.75) is 0 Å². The summed E-state index contributed by atoms with van der Waals surface area (Å²) in [6, 6.07) is 7.93. The summed E-state index contributed by atoms with van der Waals surface area (Å²) >= 11 is 0. The van der Waals surface area contributed by atoms with Crippen LogP contribution >= 0.6 is 0 Å². The van der Waals surface area contributed by atoms with Crippen molar-refractivity contribution in [1.29, 1.82) is 5.41 Å². The molecule has 0 aromatic heterocycles. The van der Waals surface area contributed by atoms with Crippen LogP contribution in [0.1, 0.15) is 0 Å². The zero-order valence-electron chi connectivity index (χ0n) is 8.20. The van der Waals surface area contributed by atoms with E-state index in [0.717, 1.165) is 0 Å². The Labute approximate surface area is 90.8 Å². The number of nitrogens with zero attached hydrogens (tertiary/aromatic N) is 3. The lowest BCUT2D eigenvalue weighted by molar-refractivity contribution is -0.479. The first-order valence-corrected chi connectivity index (χ1v) is 4.20. The summed E-state index contributed by atoms with van der Waals surface area (Å²) in [5.74, 6) is -1.07. The van der Waals surface area contributed by atoms with E-state index in [-0.39, 0.29) is 5.69 Å². The smallest absolute Gasteiger partial charge is 0.268 e. The summed E-state index contributed by atoms with van der Waals surface area (Å²) in [4.78, 5) is 14.1. The Balaban J connectivity index is 3.11. The van der Waals surface area contributed by atoms with Gasteiger partial charge in [0, 0.05) is 0 Å². The second kappa shape index (κ2) is 4.73. The van der Waals surface area contributed by atoms with Crippen molar-refractivity contribution >= 4 is 17.6 Å². The van der Waals surface area contributed by atoms with Crippen LogP contribution in [-0.4, -0.2) is 17.0 Å². The standard InChI is InChI=1S/C8H10N6O2/c9-7(10)12-8(11)13(14(15)16)6-4-2-1-3-5-6/h1-5H,(H5,9,10,11,12). The lowest BCUT2D eigenvalue weighted by Crippen LogP contribution is -2.42. The maximum absolute atomic E-state index is 10.8. The van der Waals surface area contributed by atoms with Gasteiger partial charge in [0.25, 0.3) is 5.96 Å². The van der Waals surface area contributed by atoms with Gasteiger partial charge in [0.15, 0.2) is 5.03 Å². The summed E-state index contributed by atoms with van der Waals surface area (Å²) in [5, 5.41) is 17.5. The number of benzene rings is 1. The molecule has 8 heteroatoms. The van der Waals surface area contributed by atoms with Gasteiger partial charge in [0.2, 0.25) is 5.96 Å². The average molecular weight is 222 g/mol. The molecule has 0 amide bonds. The van der Waals surface area contributed by atoms with Gasteiger partial charge in [-0.05, 0) is 17.1 Å². The van der Waals surface area contributed by atoms with Gasteiger partial charge in [0.1, 0.15) is 5.69 Å². The molecule has 0 heterocycles. The van der Waals surface area contributed by atoms with Crippen molar-refractivity contribution in [3.8, 4) is 0 Å². The molecule has 0 bridgehead atoms. The van der Waals surface area contributed by atoms with E-state index >= 15 is 0 Å².